The molecule has 0 unspecified atom stereocenters. The summed E-state index contributed by atoms with van der Waals surface area (Å²) in [5, 5.41) is 0. The molecule has 0 saturated heterocycles. The molecule has 0 aromatic carbocycles. The van der Waals surface area contributed by atoms with Gasteiger partial charge in [0.15, 0.2) is 0 Å². The molecule has 1 aliphatic rings. The minimum absolute atomic E-state index is 0.0134. The second kappa shape index (κ2) is 3.12. The lowest BCUT2D eigenvalue weighted by Crippen LogP contribution is -2.36. The van der Waals surface area contributed by atoms with E-state index in [9.17, 15) is 4.79 Å². The second-order valence-electron chi connectivity index (χ2n) is 5.31. The van der Waals surface area contributed by atoms with Gasteiger partial charge in [-0.2, -0.15) is 0 Å². The Bertz CT molecular complexity index is 457. The lowest BCUT2D eigenvalue weighted by molar-refractivity contribution is 0.313. The van der Waals surface area contributed by atoms with Crippen molar-refractivity contribution >= 4 is 0 Å². The van der Waals surface area contributed by atoms with Crippen LogP contribution >= 0.6 is 0 Å². The SMILES string of the molecule is Cc1cc2c(c(=O)n1N)CCC(C)(C)C2. The van der Waals surface area contributed by atoms with Crippen molar-refractivity contribution in [2.75, 3.05) is 5.84 Å². The number of rotatable bonds is 0. The number of fused-ring (bicyclic) bond motifs is 1. The molecular formula is C12H18N2O. The Morgan fingerprint density at radius 3 is 2.80 bits per heavy atom. The Morgan fingerprint density at radius 2 is 2.13 bits per heavy atom. The normalized spacial score (nSPS) is 18.6. The third-order valence-corrected chi connectivity index (χ3v) is 3.35. The molecule has 1 aliphatic carbocycles. The summed E-state index contributed by atoms with van der Waals surface area (Å²) in [6.45, 7) is 6.38. The van der Waals surface area contributed by atoms with Crippen LogP contribution < -0.4 is 11.4 Å². The summed E-state index contributed by atoms with van der Waals surface area (Å²) in [6.07, 6.45) is 2.91. The Labute approximate surface area is 89.9 Å². The highest BCUT2D eigenvalue weighted by Crippen LogP contribution is 2.33. The number of aromatic nitrogens is 1. The summed E-state index contributed by atoms with van der Waals surface area (Å²) in [7, 11) is 0. The summed E-state index contributed by atoms with van der Waals surface area (Å²) < 4.78 is 1.26. The Morgan fingerprint density at radius 1 is 1.47 bits per heavy atom. The first-order chi connectivity index (χ1) is 6.91. The molecular weight excluding hydrogens is 188 g/mol. The van der Waals surface area contributed by atoms with Crippen LogP contribution in [0.1, 0.15) is 37.1 Å². The number of nitrogens with zero attached hydrogens (tertiary/aromatic N) is 1. The molecule has 1 heterocycles. The number of aryl methyl sites for hydroxylation is 1. The van der Waals surface area contributed by atoms with Gasteiger partial charge < -0.3 is 5.84 Å². The van der Waals surface area contributed by atoms with E-state index in [1.807, 2.05) is 6.92 Å². The highest BCUT2D eigenvalue weighted by molar-refractivity contribution is 5.31. The van der Waals surface area contributed by atoms with Crippen LogP contribution in [-0.4, -0.2) is 4.68 Å². The van der Waals surface area contributed by atoms with E-state index in [-0.39, 0.29) is 5.56 Å². The minimum atomic E-state index is -0.0134. The predicted octanol–water partition coefficient (Wildman–Crippen LogP) is 1.39. The Balaban J connectivity index is 2.59. The van der Waals surface area contributed by atoms with Gasteiger partial charge in [-0.15, -0.1) is 0 Å². The number of hydrogen-bond donors (Lipinski definition) is 1. The van der Waals surface area contributed by atoms with Crippen LogP contribution in [0.4, 0.5) is 0 Å². The van der Waals surface area contributed by atoms with E-state index in [4.69, 9.17) is 5.84 Å². The molecule has 0 atom stereocenters. The zero-order valence-corrected chi connectivity index (χ0v) is 9.63. The molecule has 0 aliphatic heterocycles. The van der Waals surface area contributed by atoms with Gasteiger partial charge in [-0.25, -0.2) is 4.68 Å². The standard InChI is InChI=1S/C12H18N2O/c1-8-6-9-7-12(2,3)5-4-10(9)11(15)14(8)13/h6H,4-5,7,13H2,1-3H3. The average Bonchev–Trinajstić information content (AvgIpc) is 2.12. The van der Waals surface area contributed by atoms with Gasteiger partial charge in [0.25, 0.3) is 5.56 Å². The van der Waals surface area contributed by atoms with Crippen LogP contribution in [0, 0.1) is 12.3 Å². The van der Waals surface area contributed by atoms with E-state index in [2.05, 4.69) is 19.9 Å². The second-order valence-corrected chi connectivity index (χ2v) is 5.31. The summed E-state index contributed by atoms with van der Waals surface area (Å²) >= 11 is 0. The van der Waals surface area contributed by atoms with Crippen molar-refractivity contribution in [3.8, 4) is 0 Å². The fourth-order valence-corrected chi connectivity index (χ4v) is 2.34. The van der Waals surface area contributed by atoms with Crippen LogP contribution in [0.15, 0.2) is 10.9 Å². The topological polar surface area (TPSA) is 48.0 Å². The third-order valence-electron chi connectivity index (χ3n) is 3.35. The lowest BCUT2D eigenvalue weighted by atomic mass is 9.75. The first-order valence-electron chi connectivity index (χ1n) is 5.40. The third kappa shape index (κ3) is 1.66. The van der Waals surface area contributed by atoms with E-state index >= 15 is 0 Å². The van der Waals surface area contributed by atoms with Gasteiger partial charge >= 0.3 is 0 Å². The molecule has 0 fully saturated rings. The first-order valence-corrected chi connectivity index (χ1v) is 5.40. The van der Waals surface area contributed by atoms with Crippen LogP contribution in [-0.2, 0) is 12.8 Å². The van der Waals surface area contributed by atoms with Gasteiger partial charge in [-0.05, 0) is 43.2 Å². The molecule has 82 valence electrons. The molecule has 15 heavy (non-hydrogen) atoms. The van der Waals surface area contributed by atoms with Gasteiger partial charge in [0.2, 0.25) is 0 Å². The fraction of sp³-hybridized carbons (Fsp3) is 0.583. The maximum absolute atomic E-state index is 11.9. The number of pyridine rings is 1. The zero-order chi connectivity index (χ0) is 11.2. The average molecular weight is 206 g/mol. The maximum Gasteiger partial charge on any atom is 0.272 e. The summed E-state index contributed by atoms with van der Waals surface area (Å²) in [4.78, 5) is 11.9. The van der Waals surface area contributed by atoms with Gasteiger partial charge in [0.05, 0.1) is 0 Å². The van der Waals surface area contributed by atoms with E-state index in [0.717, 1.165) is 30.5 Å². The van der Waals surface area contributed by atoms with Crippen LogP contribution in [0.5, 0.6) is 0 Å². The number of nitrogens with two attached hydrogens (primary N) is 1. The van der Waals surface area contributed by atoms with Gasteiger partial charge in [-0.1, -0.05) is 13.8 Å². The van der Waals surface area contributed by atoms with Crippen LogP contribution in [0.3, 0.4) is 0 Å². The molecule has 0 amide bonds. The van der Waals surface area contributed by atoms with Crippen molar-refractivity contribution in [3.63, 3.8) is 0 Å². The first kappa shape index (κ1) is 10.3. The molecule has 2 N–H and O–H groups in total. The van der Waals surface area contributed by atoms with Gasteiger partial charge in [0, 0.05) is 11.3 Å². The minimum Gasteiger partial charge on any atom is -0.336 e. The van der Waals surface area contributed by atoms with Gasteiger partial charge in [-0.3, -0.25) is 4.79 Å². The molecule has 0 radical (unpaired) electrons. The molecule has 3 nitrogen and oxygen atoms in total. The van der Waals surface area contributed by atoms with Crippen molar-refractivity contribution in [1.82, 2.24) is 4.68 Å². The van der Waals surface area contributed by atoms with E-state index in [1.54, 1.807) is 0 Å². The van der Waals surface area contributed by atoms with Crippen molar-refractivity contribution in [2.24, 2.45) is 5.41 Å². The lowest BCUT2D eigenvalue weighted by Gasteiger charge is -2.31. The highest BCUT2D eigenvalue weighted by Gasteiger charge is 2.27. The predicted molar refractivity (Wildman–Crippen MR) is 61.4 cm³/mol. The Kier molecular flexibility index (Phi) is 2.14. The molecule has 0 spiro atoms. The summed E-state index contributed by atoms with van der Waals surface area (Å²) in [5.41, 5.74) is 3.25. The van der Waals surface area contributed by atoms with Crippen LogP contribution in [0.2, 0.25) is 0 Å². The smallest absolute Gasteiger partial charge is 0.272 e. The molecule has 1 aromatic heterocycles. The quantitative estimate of drug-likeness (QED) is 0.652. The van der Waals surface area contributed by atoms with Gasteiger partial charge in [0.1, 0.15) is 0 Å². The molecule has 1 aromatic rings. The number of hydrogen-bond acceptors (Lipinski definition) is 2. The largest absolute Gasteiger partial charge is 0.336 e. The summed E-state index contributed by atoms with van der Waals surface area (Å²) in [6, 6.07) is 2.05. The van der Waals surface area contributed by atoms with E-state index in [1.165, 1.54) is 10.2 Å². The van der Waals surface area contributed by atoms with E-state index in [0.29, 0.717) is 5.41 Å². The molecule has 3 heteroatoms. The Hall–Kier alpha value is -1.25. The highest BCUT2D eigenvalue weighted by atomic mass is 16.1. The van der Waals surface area contributed by atoms with Crippen LogP contribution in [0.25, 0.3) is 0 Å². The molecule has 0 bridgehead atoms. The van der Waals surface area contributed by atoms with E-state index < -0.39 is 0 Å². The van der Waals surface area contributed by atoms with Crippen molar-refractivity contribution < 1.29 is 0 Å². The fourth-order valence-electron chi connectivity index (χ4n) is 2.34. The monoisotopic (exact) mass is 206 g/mol. The number of nitrogen functional groups attached to an aromatic ring is 1. The summed E-state index contributed by atoms with van der Waals surface area (Å²) in [5.74, 6) is 5.68. The zero-order valence-electron chi connectivity index (χ0n) is 9.63. The molecule has 0 saturated carbocycles. The van der Waals surface area contributed by atoms with Crippen molar-refractivity contribution in [2.45, 2.75) is 40.0 Å². The van der Waals surface area contributed by atoms with Crippen molar-refractivity contribution in [1.29, 1.82) is 0 Å². The molecule has 2 rings (SSSR count). The van der Waals surface area contributed by atoms with Crippen molar-refractivity contribution in [3.05, 3.63) is 33.2 Å². The maximum atomic E-state index is 11.9.